The van der Waals surface area contributed by atoms with Gasteiger partial charge >= 0.3 is 0 Å². The van der Waals surface area contributed by atoms with Crippen molar-refractivity contribution in [2.75, 3.05) is 53.0 Å². The summed E-state index contributed by atoms with van der Waals surface area (Å²) in [6.07, 6.45) is 6.41. The summed E-state index contributed by atoms with van der Waals surface area (Å²) in [4.78, 5) is 33.2. The Morgan fingerprint density at radius 1 is 1.20 bits per heavy atom. The summed E-state index contributed by atoms with van der Waals surface area (Å²) < 4.78 is 10.7. The highest BCUT2D eigenvalue weighted by Crippen LogP contribution is 2.31. The van der Waals surface area contributed by atoms with Crippen molar-refractivity contribution in [3.05, 3.63) is 23.9 Å². The van der Waals surface area contributed by atoms with Crippen molar-refractivity contribution in [3.8, 4) is 5.88 Å². The zero-order valence-corrected chi connectivity index (χ0v) is 17.7. The highest BCUT2D eigenvalue weighted by atomic mass is 16.5. The Morgan fingerprint density at radius 3 is 2.63 bits per heavy atom. The first kappa shape index (κ1) is 21.1. The van der Waals surface area contributed by atoms with Gasteiger partial charge in [-0.3, -0.25) is 9.59 Å². The number of rotatable bonds is 8. The van der Waals surface area contributed by atoms with Gasteiger partial charge in [0.2, 0.25) is 11.8 Å². The topological polar surface area (TPSA) is 84.0 Å². The zero-order chi connectivity index (χ0) is 20.9. The third kappa shape index (κ3) is 5.70. The molecule has 1 atom stereocenters. The third-order valence-corrected chi connectivity index (χ3v) is 6.32. The number of amides is 2. The van der Waals surface area contributed by atoms with Crippen molar-refractivity contribution >= 4 is 11.8 Å². The molecular weight excluding hydrogens is 384 g/mol. The molecule has 0 bridgehead atoms. The standard InChI is InChI=1S/C22H32N4O4/c1-29-20-5-4-18(10-23-20)22(28)24-11-19-14-26(21(27)15-30-19)13-17-6-8-25(9-7-17)12-16-2-3-16/h4-5,10,16-17,19H,2-3,6-9,11-15H2,1H3,(H,24,28)/t19-/m0/s1. The first-order valence-corrected chi connectivity index (χ1v) is 11.0. The lowest BCUT2D eigenvalue weighted by Crippen LogP contribution is -2.52. The molecule has 8 heteroatoms. The Labute approximate surface area is 177 Å². The fourth-order valence-corrected chi connectivity index (χ4v) is 4.25. The van der Waals surface area contributed by atoms with E-state index in [1.807, 2.05) is 4.90 Å². The summed E-state index contributed by atoms with van der Waals surface area (Å²) in [5.41, 5.74) is 0.470. The monoisotopic (exact) mass is 416 g/mol. The van der Waals surface area contributed by atoms with Crippen molar-refractivity contribution in [1.82, 2.24) is 20.1 Å². The number of carbonyl (C=O) groups is 2. The normalized spacial score (nSPS) is 23.4. The lowest BCUT2D eigenvalue weighted by Gasteiger charge is -2.38. The minimum atomic E-state index is -0.208. The lowest BCUT2D eigenvalue weighted by molar-refractivity contribution is -0.149. The number of pyridine rings is 1. The van der Waals surface area contributed by atoms with Crippen LogP contribution in [-0.4, -0.2) is 85.7 Å². The van der Waals surface area contributed by atoms with E-state index in [0.29, 0.717) is 30.5 Å². The fourth-order valence-electron chi connectivity index (χ4n) is 4.25. The lowest BCUT2D eigenvalue weighted by atomic mass is 9.95. The highest BCUT2D eigenvalue weighted by Gasteiger charge is 2.31. The Bertz CT molecular complexity index is 729. The van der Waals surface area contributed by atoms with Crippen LogP contribution in [0.2, 0.25) is 0 Å². The van der Waals surface area contributed by atoms with E-state index in [4.69, 9.17) is 9.47 Å². The van der Waals surface area contributed by atoms with Crippen LogP contribution in [0.25, 0.3) is 0 Å². The van der Waals surface area contributed by atoms with Crippen LogP contribution in [0.5, 0.6) is 5.88 Å². The summed E-state index contributed by atoms with van der Waals surface area (Å²) in [5, 5.41) is 2.89. The van der Waals surface area contributed by atoms with E-state index in [1.54, 1.807) is 12.1 Å². The van der Waals surface area contributed by atoms with Gasteiger partial charge in [-0.2, -0.15) is 0 Å². The van der Waals surface area contributed by atoms with Crippen LogP contribution >= 0.6 is 0 Å². The number of nitrogens with one attached hydrogen (secondary N) is 1. The highest BCUT2D eigenvalue weighted by molar-refractivity contribution is 5.93. The number of likely N-dealkylation sites (tertiary alicyclic amines) is 1. The molecule has 0 spiro atoms. The number of hydrogen-bond acceptors (Lipinski definition) is 6. The fraction of sp³-hybridized carbons (Fsp3) is 0.682. The molecule has 8 nitrogen and oxygen atoms in total. The van der Waals surface area contributed by atoms with Gasteiger partial charge in [-0.1, -0.05) is 0 Å². The van der Waals surface area contributed by atoms with E-state index in [0.717, 1.165) is 38.4 Å². The van der Waals surface area contributed by atoms with Gasteiger partial charge in [-0.25, -0.2) is 4.98 Å². The number of aromatic nitrogens is 1. The molecule has 2 saturated heterocycles. The van der Waals surface area contributed by atoms with Gasteiger partial charge in [0.1, 0.15) is 6.61 Å². The van der Waals surface area contributed by atoms with Gasteiger partial charge < -0.3 is 24.6 Å². The van der Waals surface area contributed by atoms with Crippen LogP contribution < -0.4 is 10.1 Å². The summed E-state index contributed by atoms with van der Waals surface area (Å²) >= 11 is 0. The predicted molar refractivity (Wildman–Crippen MR) is 111 cm³/mol. The van der Waals surface area contributed by atoms with Gasteiger partial charge in [-0.05, 0) is 56.7 Å². The SMILES string of the molecule is COc1ccc(C(=O)NC[C@H]2CN(CC3CCN(CC4CC4)CC3)C(=O)CO2)cn1. The molecule has 30 heavy (non-hydrogen) atoms. The molecule has 2 amide bonds. The van der Waals surface area contributed by atoms with Crippen LogP contribution in [0.4, 0.5) is 0 Å². The minimum absolute atomic E-state index is 0.0531. The molecule has 4 rings (SSSR count). The molecule has 3 aliphatic rings. The maximum absolute atomic E-state index is 12.3. The second-order valence-electron chi connectivity index (χ2n) is 8.72. The van der Waals surface area contributed by atoms with Gasteiger partial charge in [0.05, 0.1) is 18.8 Å². The predicted octanol–water partition coefficient (Wildman–Crippen LogP) is 1.17. The largest absolute Gasteiger partial charge is 0.481 e. The molecule has 1 aliphatic carbocycles. The average molecular weight is 417 g/mol. The van der Waals surface area contributed by atoms with Gasteiger partial charge in [0.15, 0.2) is 0 Å². The maximum Gasteiger partial charge on any atom is 0.252 e. The summed E-state index contributed by atoms with van der Waals surface area (Å²) in [5.74, 6) is 1.81. The van der Waals surface area contributed by atoms with E-state index in [1.165, 1.54) is 32.7 Å². The van der Waals surface area contributed by atoms with Gasteiger partial charge in [0, 0.05) is 38.4 Å². The van der Waals surface area contributed by atoms with E-state index in [2.05, 4.69) is 15.2 Å². The molecule has 1 aromatic rings. The molecule has 164 valence electrons. The molecule has 1 N–H and O–H groups in total. The van der Waals surface area contributed by atoms with E-state index in [9.17, 15) is 9.59 Å². The minimum Gasteiger partial charge on any atom is -0.481 e. The first-order valence-electron chi connectivity index (χ1n) is 11.0. The molecule has 1 aromatic heterocycles. The maximum atomic E-state index is 12.3. The van der Waals surface area contributed by atoms with E-state index in [-0.39, 0.29) is 24.5 Å². The number of carbonyl (C=O) groups excluding carboxylic acids is 2. The number of hydrogen-bond donors (Lipinski definition) is 1. The Morgan fingerprint density at radius 2 is 1.97 bits per heavy atom. The summed E-state index contributed by atoms with van der Waals surface area (Å²) in [6, 6.07) is 3.33. The Balaban J connectivity index is 1.21. The third-order valence-electron chi connectivity index (χ3n) is 6.32. The molecule has 1 saturated carbocycles. The van der Waals surface area contributed by atoms with E-state index < -0.39 is 0 Å². The quantitative estimate of drug-likeness (QED) is 0.685. The van der Waals surface area contributed by atoms with Crippen LogP contribution in [-0.2, 0) is 9.53 Å². The van der Waals surface area contributed by atoms with Crippen LogP contribution in [0.3, 0.4) is 0 Å². The smallest absolute Gasteiger partial charge is 0.252 e. The number of ether oxygens (including phenoxy) is 2. The molecule has 3 heterocycles. The summed E-state index contributed by atoms with van der Waals surface area (Å²) in [7, 11) is 1.53. The number of nitrogens with zero attached hydrogens (tertiary/aromatic N) is 3. The molecule has 0 aromatic carbocycles. The summed E-state index contributed by atoms with van der Waals surface area (Å²) in [6.45, 7) is 5.34. The first-order chi connectivity index (χ1) is 14.6. The second kappa shape index (κ2) is 9.75. The van der Waals surface area contributed by atoms with Gasteiger partial charge in [-0.15, -0.1) is 0 Å². The van der Waals surface area contributed by atoms with Crippen molar-refractivity contribution in [2.45, 2.75) is 31.8 Å². The van der Waals surface area contributed by atoms with Crippen molar-refractivity contribution in [3.63, 3.8) is 0 Å². The number of methoxy groups -OCH3 is 1. The van der Waals surface area contributed by atoms with Crippen molar-refractivity contribution < 1.29 is 19.1 Å². The average Bonchev–Trinajstić information content (AvgIpc) is 3.59. The molecule has 2 aliphatic heterocycles. The van der Waals surface area contributed by atoms with E-state index >= 15 is 0 Å². The molecular formula is C22H32N4O4. The van der Waals surface area contributed by atoms with Crippen LogP contribution in [0, 0.1) is 11.8 Å². The van der Waals surface area contributed by atoms with Crippen molar-refractivity contribution in [2.24, 2.45) is 11.8 Å². The Hall–Kier alpha value is -2.19. The number of morpholine rings is 1. The van der Waals surface area contributed by atoms with Crippen LogP contribution in [0.1, 0.15) is 36.0 Å². The zero-order valence-electron chi connectivity index (χ0n) is 17.7. The number of piperidine rings is 1. The second-order valence-corrected chi connectivity index (χ2v) is 8.72. The van der Waals surface area contributed by atoms with Crippen molar-refractivity contribution in [1.29, 1.82) is 0 Å². The Kier molecular flexibility index (Phi) is 6.84. The molecule has 3 fully saturated rings. The van der Waals surface area contributed by atoms with Crippen LogP contribution in [0.15, 0.2) is 18.3 Å². The molecule has 0 unspecified atom stereocenters. The molecule has 0 radical (unpaired) electrons. The van der Waals surface area contributed by atoms with Gasteiger partial charge in [0.25, 0.3) is 5.91 Å².